The molecule has 0 bridgehead atoms. The summed E-state index contributed by atoms with van der Waals surface area (Å²) in [5, 5.41) is 3.70. The zero-order valence-electron chi connectivity index (χ0n) is 13.6. The summed E-state index contributed by atoms with van der Waals surface area (Å²) in [4.78, 5) is 18.0. The molecule has 1 aromatic rings. The highest BCUT2D eigenvalue weighted by molar-refractivity contribution is 7.89. The number of aromatic nitrogens is 2. The molecule has 1 fully saturated rings. The monoisotopic (exact) mass is 344 g/mol. The molecule has 1 saturated heterocycles. The molecule has 1 atom stereocenters. The Labute approximate surface area is 136 Å². The summed E-state index contributed by atoms with van der Waals surface area (Å²) in [5.74, 6) is 1.30. The fourth-order valence-electron chi connectivity index (χ4n) is 2.66. The van der Waals surface area contributed by atoms with E-state index in [4.69, 9.17) is 4.52 Å². The maximum atomic E-state index is 12.2. The zero-order valence-corrected chi connectivity index (χ0v) is 14.4. The third kappa shape index (κ3) is 5.58. The topological polar surface area (TPSA) is 105 Å². The van der Waals surface area contributed by atoms with Crippen LogP contribution in [0.2, 0.25) is 0 Å². The van der Waals surface area contributed by atoms with Crippen LogP contribution in [0, 0.1) is 6.92 Å². The van der Waals surface area contributed by atoms with E-state index in [-0.39, 0.29) is 17.7 Å². The SMILES string of the molecule is CCCS(=O)(=O)NC1CCN(C(=O)CCCc2nc(C)no2)C1. The Balaban J connectivity index is 1.72. The second kappa shape index (κ2) is 7.87. The van der Waals surface area contributed by atoms with Gasteiger partial charge in [-0.05, 0) is 26.2 Å². The third-order valence-electron chi connectivity index (χ3n) is 3.71. The van der Waals surface area contributed by atoms with Crippen LogP contribution in [0.1, 0.15) is 44.3 Å². The minimum atomic E-state index is -3.23. The third-order valence-corrected chi connectivity index (χ3v) is 5.35. The Kier molecular flexibility index (Phi) is 6.11. The van der Waals surface area contributed by atoms with E-state index in [1.807, 2.05) is 6.92 Å². The van der Waals surface area contributed by atoms with Crippen molar-refractivity contribution in [2.24, 2.45) is 0 Å². The summed E-state index contributed by atoms with van der Waals surface area (Å²) in [5.41, 5.74) is 0. The molecule has 23 heavy (non-hydrogen) atoms. The van der Waals surface area contributed by atoms with Gasteiger partial charge in [-0.2, -0.15) is 4.98 Å². The van der Waals surface area contributed by atoms with Crippen LogP contribution in [0.4, 0.5) is 0 Å². The molecule has 9 heteroatoms. The fraction of sp³-hybridized carbons (Fsp3) is 0.786. The fourth-order valence-corrected chi connectivity index (χ4v) is 4.01. The van der Waals surface area contributed by atoms with Crippen molar-refractivity contribution in [3.8, 4) is 0 Å². The van der Waals surface area contributed by atoms with Gasteiger partial charge in [0.05, 0.1) is 5.75 Å². The van der Waals surface area contributed by atoms with Gasteiger partial charge in [0.15, 0.2) is 5.82 Å². The predicted molar refractivity (Wildman–Crippen MR) is 84.2 cm³/mol. The Morgan fingerprint density at radius 1 is 1.48 bits per heavy atom. The van der Waals surface area contributed by atoms with Gasteiger partial charge in [-0.15, -0.1) is 0 Å². The van der Waals surface area contributed by atoms with Gasteiger partial charge < -0.3 is 9.42 Å². The Bertz CT molecular complexity index is 628. The van der Waals surface area contributed by atoms with Crippen LogP contribution in [-0.4, -0.2) is 54.2 Å². The van der Waals surface area contributed by atoms with Gasteiger partial charge in [-0.3, -0.25) is 4.79 Å². The molecule has 130 valence electrons. The van der Waals surface area contributed by atoms with Gasteiger partial charge in [0.1, 0.15) is 0 Å². The summed E-state index contributed by atoms with van der Waals surface area (Å²) in [7, 11) is -3.23. The predicted octanol–water partition coefficient (Wildman–Crippen LogP) is 0.631. The van der Waals surface area contributed by atoms with Gasteiger partial charge in [-0.25, -0.2) is 13.1 Å². The largest absolute Gasteiger partial charge is 0.341 e. The lowest BCUT2D eigenvalue weighted by Crippen LogP contribution is -2.39. The number of carbonyl (C=O) groups excluding carboxylic acids is 1. The molecule has 2 heterocycles. The van der Waals surface area contributed by atoms with Crippen molar-refractivity contribution in [1.82, 2.24) is 19.8 Å². The lowest BCUT2D eigenvalue weighted by Gasteiger charge is -2.17. The Morgan fingerprint density at radius 2 is 2.26 bits per heavy atom. The average Bonchev–Trinajstić information content (AvgIpc) is 3.07. The summed E-state index contributed by atoms with van der Waals surface area (Å²) < 4.78 is 31.2. The first-order chi connectivity index (χ1) is 10.9. The average molecular weight is 344 g/mol. The molecule has 1 aromatic heterocycles. The number of amides is 1. The maximum absolute atomic E-state index is 12.2. The second-order valence-electron chi connectivity index (χ2n) is 5.85. The number of rotatable bonds is 8. The molecule has 0 spiro atoms. The van der Waals surface area contributed by atoms with E-state index in [0.29, 0.717) is 56.9 Å². The van der Waals surface area contributed by atoms with Crippen molar-refractivity contribution in [3.05, 3.63) is 11.7 Å². The maximum Gasteiger partial charge on any atom is 0.226 e. The van der Waals surface area contributed by atoms with Crippen molar-refractivity contribution in [2.45, 2.75) is 52.0 Å². The highest BCUT2D eigenvalue weighted by atomic mass is 32.2. The number of carbonyl (C=O) groups is 1. The molecule has 1 aliphatic heterocycles. The van der Waals surface area contributed by atoms with Crippen LogP contribution in [0.15, 0.2) is 4.52 Å². The van der Waals surface area contributed by atoms with Crippen molar-refractivity contribution >= 4 is 15.9 Å². The first-order valence-electron chi connectivity index (χ1n) is 7.96. The van der Waals surface area contributed by atoms with E-state index in [9.17, 15) is 13.2 Å². The number of hydrogen-bond donors (Lipinski definition) is 1. The van der Waals surface area contributed by atoms with Gasteiger partial charge in [0.2, 0.25) is 21.8 Å². The molecule has 8 nitrogen and oxygen atoms in total. The van der Waals surface area contributed by atoms with Crippen LogP contribution in [0.3, 0.4) is 0 Å². The lowest BCUT2D eigenvalue weighted by atomic mass is 10.2. The van der Waals surface area contributed by atoms with Gasteiger partial charge >= 0.3 is 0 Å². The lowest BCUT2D eigenvalue weighted by molar-refractivity contribution is -0.130. The molecular weight excluding hydrogens is 320 g/mol. The number of hydrogen-bond acceptors (Lipinski definition) is 6. The minimum Gasteiger partial charge on any atom is -0.341 e. The summed E-state index contributed by atoms with van der Waals surface area (Å²) in [6.07, 6.45) is 2.86. The second-order valence-corrected chi connectivity index (χ2v) is 7.72. The van der Waals surface area contributed by atoms with Crippen LogP contribution in [-0.2, 0) is 21.2 Å². The summed E-state index contributed by atoms with van der Waals surface area (Å²) >= 11 is 0. The molecule has 0 aliphatic carbocycles. The van der Waals surface area contributed by atoms with E-state index in [2.05, 4.69) is 14.9 Å². The Morgan fingerprint density at radius 3 is 2.91 bits per heavy atom. The number of aryl methyl sites for hydroxylation is 2. The summed E-state index contributed by atoms with van der Waals surface area (Å²) in [6.45, 7) is 4.62. The molecule has 1 unspecified atom stereocenters. The number of nitrogens with one attached hydrogen (secondary N) is 1. The molecule has 1 aliphatic rings. The highest BCUT2D eigenvalue weighted by Crippen LogP contribution is 2.13. The summed E-state index contributed by atoms with van der Waals surface area (Å²) in [6, 6.07) is -0.172. The van der Waals surface area contributed by atoms with E-state index < -0.39 is 10.0 Å². The number of nitrogens with zero attached hydrogens (tertiary/aromatic N) is 3. The van der Waals surface area contributed by atoms with Crippen molar-refractivity contribution in [1.29, 1.82) is 0 Å². The molecule has 0 radical (unpaired) electrons. The molecule has 0 saturated carbocycles. The van der Waals surface area contributed by atoms with Crippen molar-refractivity contribution in [2.75, 3.05) is 18.8 Å². The Hall–Kier alpha value is -1.48. The molecule has 2 rings (SSSR count). The smallest absolute Gasteiger partial charge is 0.226 e. The van der Waals surface area contributed by atoms with Crippen LogP contribution in [0.5, 0.6) is 0 Å². The quantitative estimate of drug-likeness (QED) is 0.741. The number of likely N-dealkylation sites (tertiary alicyclic amines) is 1. The highest BCUT2D eigenvalue weighted by Gasteiger charge is 2.28. The standard InChI is InChI=1S/C14H24N4O4S/c1-3-9-23(20,21)17-12-7-8-18(10-12)14(19)6-4-5-13-15-11(2)16-22-13/h12,17H,3-10H2,1-2H3. The molecule has 0 aromatic carbocycles. The normalized spacial score (nSPS) is 18.5. The molecule has 1 N–H and O–H groups in total. The first-order valence-corrected chi connectivity index (χ1v) is 9.62. The van der Waals surface area contributed by atoms with E-state index in [1.54, 1.807) is 11.8 Å². The van der Waals surface area contributed by atoms with Gasteiger partial charge in [-0.1, -0.05) is 12.1 Å². The van der Waals surface area contributed by atoms with Crippen molar-refractivity contribution < 1.29 is 17.7 Å². The molecule has 1 amide bonds. The van der Waals surface area contributed by atoms with E-state index in [1.165, 1.54) is 0 Å². The minimum absolute atomic E-state index is 0.0402. The van der Waals surface area contributed by atoms with Crippen LogP contribution >= 0.6 is 0 Å². The molecular formula is C14H24N4O4S. The van der Waals surface area contributed by atoms with E-state index in [0.717, 1.165) is 0 Å². The first kappa shape index (κ1) is 17.9. The van der Waals surface area contributed by atoms with Crippen molar-refractivity contribution in [3.63, 3.8) is 0 Å². The number of sulfonamides is 1. The van der Waals surface area contributed by atoms with Crippen LogP contribution < -0.4 is 4.72 Å². The zero-order chi connectivity index (χ0) is 16.9. The van der Waals surface area contributed by atoms with Gasteiger partial charge in [0.25, 0.3) is 0 Å². The van der Waals surface area contributed by atoms with E-state index >= 15 is 0 Å². The van der Waals surface area contributed by atoms with Crippen LogP contribution in [0.25, 0.3) is 0 Å². The van der Waals surface area contributed by atoms with Gasteiger partial charge in [0, 0.05) is 32.0 Å².